The Kier molecular flexibility index (Phi) is 4.21. The first-order valence-electron chi connectivity index (χ1n) is 9.54. The summed E-state index contributed by atoms with van der Waals surface area (Å²) < 4.78 is 1.91. The molecule has 0 saturated carbocycles. The summed E-state index contributed by atoms with van der Waals surface area (Å²) in [5.74, 6) is 0.0770. The number of hydrogen-bond acceptors (Lipinski definition) is 3. The predicted octanol–water partition coefficient (Wildman–Crippen LogP) is 2.70. The number of nitrogens with zero attached hydrogens (tertiary/aromatic N) is 3. The number of carbonyl (C=O) groups is 2. The number of pyridine rings is 1. The first-order chi connectivity index (χ1) is 12.5. The Bertz CT molecular complexity index is 859. The SMILES string of the molecule is Cc1ccc2nc(C(=O)N3CCCC[C@]4(C)NC(=O)CCC[C@H]34)cn2c1. The summed E-state index contributed by atoms with van der Waals surface area (Å²) in [6.07, 6.45) is 8.91. The number of hydrogen-bond donors (Lipinski definition) is 1. The largest absolute Gasteiger partial charge is 0.349 e. The van der Waals surface area contributed by atoms with Crippen molar-refractivity contribution in [3.63, 3.8) is 0 Å². The molecule has 0 aromatic carbocycles. The molecule has 0 unspecified atom stereocenters. The molecular weight excluding hydrogens is 328 g/mol. The highest BCUT2D eigenvalue weighted by Crippen LogP contribution is 2.33. The summed E-state index contributed by atoms with van der Waals surface area (Å²) >= 11 is 0. The van der Waals surface area contributed by atoms with Crippen molar-refractivity contribution in [2.24, 2.45) is 0 Å². The van der Waals surface area contributed by atoms with Crippen molar-refractivity contribution in [1.29, 1.82) is 0 Å². The molecule has 4 rings (SSSR count). The number of likely N-dealkylation sites (tertiary alicyclic amines) is 1. The van der Waals surface area contributed by atoms with Gasteiger partial charge in [0.25, 0.3) is 5.91 Å². The Morgan fingerprint density at radius 1 is 1.27 bits per heavy atom. The molecule has 2 aliphatic rings. The predicted molar refractivity (Wildman–Crippen MR) is 99.0 cm³/mol. The summed E-state index contributed by atoms with van der Waals surface area (Å²) in [6.45, 7) is 4.84. The van der Waals surface area contributed by atoms with Gasteiger partial charge in [0.05, 0.1) is 11.6 Å². The van der Waals surface area contributed by atoms with Crippen LogP contribution in [0.4, 0.5) is 0 Å². The van der Waals surface area contributed by atoms with Gasteiger partial charge in [-0.3, -0.25) is 9.59 Å². The fourth-order valence-corrected chi connectivity index (χ4v) is 4.49. The number of carbonyl (C=O) groups excluding carboxylic acids is 2. The molecule has 0 aliphatic carbocycles. The summed E-state index contributed by atoms with van der Waals surface area (Å²) in [4.78, 5) is 32.0. The van der Waals surface area contributed by atoms with Crippen LogP contribution in [0.25, 0.3) is 5.65 Å². The van der Waals surface area contributed by atoms with Gasteiger partial charge >= 0.3 is 0 Å². The van der Waals surface area contributed by atoms with Gasteiger partial charge in [-0.2, -0.15) is 0 Å². The van der Waals surface area contributed by atoms with E-state index in [0.29, 0.717) is 12.1 Å². The second-order valence-electron chi connectivity index (χ2n) is 7.93. The normalized spacial score (nSPS) is 26.8. The van der Waals surface area contributed by atoms with E-state index in [1.165, 1.54) is 0 Å². The minimum atomic E-state index is -0.352. The average Bonchev–Trinajstić information content (AvgIpc) is 2.86. The molecule has 0 radical (unpaired) electrons. The van der Waals surface area contributed by atoms with Crippen LogP contribution in [-0.4, -0.2) is 44.2 Å². The van der Waals surface area contributed by atoms with Crippen LogP contribution in [0.3, 0.4) is 0 Å². The van der Waals surface area contributed by atoms with Gasteiger partial charge in [0.1, 0.15) is 11.3 Å². The van der Waals surface area contributed by atoms with Crippen molar-refractivity contribution in [2.75, 3.05) is 6.54 Å². The minimum Gasteiger partial charge on any atom is -0.349 e. The molecular formula is C20H26N4O2. The smallest absolute Gasteiger partial charge is 0.274 e. The van der Waals surface area contributed by atoms with Crippen LogP contribution < -0.4 is 5.32 Å². The Balaban J connectivity index is 1.69. The zero-order valence-corrected chi connectivity index (χ0v) is 15.5. The maximum absolute atomic E-state index is 13.3. The molecule has 0 bridgehead atoms. The maximum Gasteiger partial charge on any atom is 0.274 e. The highest BCUT2D eigenvalue weighted by Gasteiger charge is 2.44. The molecule has 0 spiro atoms. The number of aromatic nitrogens is 2. The van der Waals surface area contributed by atoms with E-state index < -0.39 is 0 Å². The van der Waals surface area contributed by atoms with Gasteiger partial charge in [-0.25, -0.2) is 4.98 Å². The Morgan fingerprint density at radius 3 is 2.96 bits per heavy atom. The molecule has 2 saturated heterocycles. The lowest BCUT2D eigenvalue weighted by Gasteiger charge is -2.41. The third kappa shape index (κ3) is 2.97. The molecule has 2 aromatic rings. The number of rotatable bonds is 1. The molecule has 2 aromatic heterocycles. The maximum atomic E-state index is 13.3. The lowest BCUT2D eigenvalue weighted by atomic mass is 9.85. The monoisotopic (exact) mass is 354 g/mol. The van der Waals surface area contributed by atoms with Gasteiger partial charge in [-0.05, 0) is 57.6 Å². The van der Waals surface area contributed by atoms with Crippen LogP contribution in [0, 0.1) is 6.92 Å². The number of imidazole rings is 1. The first-order valence-corrected chi connectivity index (χ1v) is 9.54. The second-order valence-corrected chi connectivity index (χ2v) is 7.93. The molecule has 4 heterocycles. The van der Waals surface area contributed by atoms with Crippen LogP contribution in [0.15, 0.2) is 24.5 Å². The van der Waals surface area contributed by atoms with Crippen molar-refractivity contribution in [1.82, 2.24) is 19.6 Å². The topological polar surface area (TPSA) is 66.7 Å². The quantitative estimate of drug-likeness (QED) is 0.856. The Morgan fingerprint density at radius 2 is 2.12 bits per heavy atom. The highest BCUT2D eigenvalue weighted by atomic mass is 16.2. The van der Waals surface area contributed by atoms with Crippen LogP contribution in [0.5, 0.6) is 0 Å². The molecule has 6 heteroatoms. The van der Waals surface area contributed by atoms with Crippen LogP contribution >= 0.6 is 0 Å². The Labute approximate surface area is 153 Å². The van der Waals surface area contributed by atoms with Crippen molar-refractivity contribution in [2.45, 2.75) is 64.0 Å². The van der Waals surface area contributed by atoms with E-state index in [0.717, 1.165) is 49.9 Å². The molecule has 138 valence electrons. The van der Waals surface area contributed by atoms with E-state index in [1.54, 1.807) is 0 Å². The molecule has 2 atom stereocenters. The third-order valence-corrected chi connectivity index (χ3v) is 5.84. The summed E-state index contributed by atoms with van der Waals surface area (Å²) in [6, 6.07) is 3.96. The zero-order valence-electron chi connectivity index (χ0n) is 15.5. The molecule has 2 amide bonds. The van der Waals surface area contributed by atoms with Gasteiger partial charge in [-0.1, -0.05) is 6.07 Å². The summed E-state index contributed by atoms with van der Waals surface area (Å²) in [7, 11) is 0. The molecule has 2 fully saturated rings. The van der Waals surface area contributed by atoms with Gasteiger partial charge in [-0.15, -0.1) is 0 Å². The number of amides is 2. The highest BCUT2D eigenvalue weighted by molar-refractivity contribution is 5.93. The van der Waals surface area contributed by atoms with Crippen LogP contribution in [-0.2, 0) is 4.79 Å². The fraction of sp³-hybridized carbons (Fsp3) is 0.550. The van der Waals surface area contributed by atoms with Crippen molar-refractivity contribution < 1.29 is 9.59 Å². The molecule has 2 aliphatic heterocycles. The molecule has 26 heavy (non-hydrogen) atoms. The van der Waals surface area contributed by atoms with Crippen LogP contribution in [0.2, 0.25) is 0 Å². The van der Waals surface area contributed by atoms with Gasteiger partial charge < -0.3 is 14.6 Å². The minimum absolute atomic E-state index is 0.0236. The van der Waals surface area contributed by atoms with Crippen LogP contribution in [0.1, 0.15) is 61.5 Å². The standard InChI is InChI=1S/C20H26N4O2/c1-14-8-9-17-21-15(13-23(17)12-14)19(26)24-11-4-3-10-20(2)16(24)6-5-7-18(25)22-20/h8-9,12-13,16H,3-7,10-11H2,1-2H3,(H,22,25)/t16-,20-/m0/s1. The average molecular weight is 354 g/mol. The van der Waals surface area contributed by atoms with E-state index >= 15 is 0 Å². The van der Waals surface area contributed by atoms with Crippen molar-refractivity contribution in [3.8, 4) is 0 Å². The molecule has 1 N–H and O–H groups in total. The van der Waals surface area contributed by atoms with E-state index in [9.17, 15) is 9.59 Å². The second kappa shape index (κ2) is 6.41. The zero-order chi connectivity index (χ0) is 18.3. The van der Waals surface area contributed by atoms with Gasteiger partial charge in [0, 0.05) is 25.4 Å². The van der Waals surface area contributed by atoms with E-state index in [4.69, 9.17) is 0 Å². The summed E-state index contributed by atoms with van der Waals surface area (Å²) in [5.41, 5.74) is 2.04. The number of aryl methyl sites for hydroxylation is 1. The van der Waals surface area contributed by atoms with E-state index in [1.807, 2.05) is 40.8 Å². The number of fused-ring (bicyclic) bond motifs is 2. The first kappa shape index (κ1) is 17.1. The van der Waals surface area contributed by atoms with Crippen molar-refractivity contribution >= 4 is 17.5 Å². The molecule has 6 nitrogen and oxygen atoms in total. The van der Waals surface area contributed by atoms with E-state index in [-0.39, 0.29) is 23.4 Å². The van der Waals surface area contributed by atoms with Crippen molar-refractivity contribution in [3.05, 3.63) is 35.8 Å². The van der Waals surface area contributed by atoms with Gasteiger partial charge in [0.2, 0.25) is 5.91 Å². The fourth-order valence-electron chi connectivity index (χ4n) is 4.49. The number of nitrogens with one attached hydrogen (secondary N) is 1. The Hall–Kier alpha value is -2.37. The lowest BCUT2D eigenvalue weighted by molar-refractivity contribution is -0.122. The van der Waals surface area contributed by atoms with E-state index in [2.05, 4.69) is 17.2 Å². The third-order valence-electron chi connectivity index (χ3n) is 5.84. The summed E-state index contributed by atoms with van der Waals surface area (Å²) in [5, 5.41) is 3.21. The van der Waals surface area contributed by atoms with Gasteiger partial charge in [0.15, 0.2) is 0 Å². The lowest BCUT2D eigenvalue weighted by Crippen LogP contribution is -2.59.